The van der Waals surface area contributed by atoms with Crippen molar-refractivity contribution in [3.05, 3.63) is 42.2 Å². The van der Waals surface area contributed by atoms with E-state index < -0.39 is 0 Å². The molecule has 0 spiro atoms. The normalized spacial score (nSPS) is 24.7. The second kappa shape index (κ2) is 6.46. The second-order valence-corrected chi connectivity index (χ2v) is 7.10. The van der Waals surface area contributed by atoms with Gasteiger partial charge in [0.15, 0.2) is 0 Å². The van der Waals surface area contributed by atoms with E-state index in [1.54, 1.807) is 0 Å². The maximum absolute atomic E-state index is 4.27. The summed E-state index contributed by atoms with van der Waals surface area (Å²) < 4.78 is 1.85. The highest BCUT2D eigenvalue weighted by Gasteiger charge is 2.34. The molecule has 4 nitrogen and oxygen atoms in total. The monoisotopic (exact) mass is 310 g/mol. The number of hydrogen-bond acceptors (Lipinski definition) is 3. The average Bonchev–Trinajstić information content (AvgIpc) is 3.35. The van der Waals surface area contributed by atoms with E-state index in [9.17, 15) is 0 Å². The first-order valence-corrected chi connectivity index (χ1v) is 8.82. The van der Waals surface area contributed by atoms with Crippen LogP contribution >= 0.6 is 0 Å². The first kappa shape index (κ1) is 14.9. The van der Waals surface area contributed by atoms with Crippen LogP contribution in [0.25, 0.3) is 11.1 Å². The van der Waals surface area contributed by atoms with Crippen molar-refractivity contribution in [2.24, 2.45) is 13.0 Å². The van der Waals surface area contributed by atoms with Gasteiger partial charge < -0.3 is 10.6 Å². The number of aromatic nitrogens is 2. The molecule has 1 aliphatic heterocycles. The van der Waals surface area contributed by atoms with E-state index in [0.29, 0.717) is 6.04 Å². The van der Waals surface area contributed by atoms with E-state index >= 15 is 0 Å². The molecule has 0 amide bonds. The largest absolute Gasteiger partial charge is 0.314 e. The molecule has 0 bridgehead atoms. The van der Waals surface area contributed by atoms with Gasteiger partial charge in [0.05, 0.1) is 6.20 Å². The average molecular weight is 310 g/mol. The van der Waals surface area contributed by atoms with Crippen molar-refractivity contribution in [3.8, 4) is 11.1 Å². The zero-order valence-electron chi connectivity index (χ0n) is 13.8. The zero-order valence-corrected chi connectivity index (χ0v) is 13.8. The van der Waals surface area contributed by atoms with E-state index in [2.05, 4.69) is 46.2 Å². The van der Waals surface area contributed by atoms with Gasteiger partial charge in [-0.15, -0.1) is 0 Å². The van der Waals surface area contributed by atoms with E-state index in [1.165, 1.54) is 42.4 Å². The fourth-order valence-corrected chi connectivity index (χ4v) is 3.69. The van der Waals surface area contributed by atoms with Crippen LogP contribution < -0.4 is 10.6 Å². The summed E-state index contributed by atoms with van der Waals surface area (Å²) in [5.41, 5.74) is 3.79. The maximum Gasteiger partial charge on any atom is 0.0568 e. The third-order valence-corrected chi connectivity index (χ3v) is 5.19. The van der Waals surface area contributed by atoms with Crippen LogP contribution in [0.1, 0.15) is 31.2 Å². The van der Waals surface area contributed by atoms with Crippen LogP contribution in [0.3, 0.4) is 0 Å². The Labute approximate surface area is 138 Å². The molecule has 1 saturated heterocycles. The Morgan fingerprint density at radius 2 is 2.17 bits per heavy atom. The molecule has 2 heterocycles. The fraction of sp³-hybridized carbons (Fsp3) is 0.526. The molecule has 4 rings (SSSR count). The van der Waals surface area contributed by atoms with E-state index in [0.717, 1.165) is 25.0 Å². The molecule has 2 aliphatic rings. The molecule has 2 aromatic rings. The van der Waals surface area contributed by atoms with Gasteiger partial charge in [0.2, 0.25) is 0 Å². The van der Waals surface area contributed by atoms with Crippen molar-refractivity contribution in [2.75, 3.05) is 6.54 Å². The SMILES string of the molecule is Cn1cc(-c2cccc(CNC3CCNC(C4CC4)C3)c2)cn1. The van der Waals surface area contributed by atoms with Gasteiger partial charge in [-0.2, -0.15) is 5.10 Å². The third kappa shape index (κ3) is 3.65. The minimum atomic E-state index is 0.656. The molecule has 4 heteroatoms. The summed E-state index contributed by atoms with van der Waals surface area (Å²) in [4.78, 5) is 0. The Hall–Kier alpha value is -1.65. The van der Waals surface area contributed by atoms with Gasteiger partial charge in [0.25, 0.3) is 0 Å². The summed E-state index contributed by atoms with van der Waals surface area (Å²) in [6.07, 6.45) is 9.38. The smallest absolute Gasteiger partial charge is 0.0568 e. The lowest BCUT2D eigenvalue weighted by Gasteiger charge is -2.31. The zero-order chi connectivity index (χ0) is 15.6. The summed E-state index contributed by atoms with van der Waals surface area (Å²) in [6, 6.07) is 10.2. The molecular weight excluding hydrogens is 284 g/mol. The standard InChI is InChI=1S/C19H26N4/c1-23-13-17(12-22-23)16-4-2-3-14(9-16)11-21-18-7-8-20-19(10-18)15-5-6-15/h2-4,9,12-13,15,18-21H,5-8,10-11H2,1H3. The van der Waals surface area contributed by atoms with Crippen LogP contribution in [-0.4, -0.2) is 28.4 Å². The number of benzene rings is 1. The minimum Gasteiger partial charge on any atom is -0.314 e. The van der Waals surface area contributed by atoms with Crippen LogP contribution in [0.5, 0.6) is 0 Å². The van der Waals surface area contributed by atoms with E-state index in [-0.39, 0.29) is 0 Å². The van der Waals surface area contributed by atoms with Crippen LogP contribution in [-0.2, 0) is 13.6 Å². The van der Waals surface area contributed by atoms with Crippen LogP contribution in [0, 0.1) is 5.92 Å². The summed E-state index contributed by atoms with van der Waals surface area (Å²) in [5, 5.41) is 11.7. The predicted octanol–water partition coefficient (Wildman–Crippen LogP) is 2.71. The Bertz CT molecular complexity index is 659. The summed E-state index contributed by atoms with van der Waals surface area (Å²) in [5.74, 6) is 0.952. The fourth-order valence-electron chi connectivity index (χ4n) is 3.69. The molecule has 1 aromatic carbocycles. The van der Waals surface area contributed by atoms with Gasteiger partial charge in [-0.25, -0.2) is 0 Å². The number of rotatable bonds is 5. The first-order valence-electron chi connectivity index (χ1n) is 8.82. The van der Waals surface area contributed by atoms with Crippen molar-refractivity contribution in [1.82, 2.24) is 20.4 Å². The molecule has 23 heavy (non-hydrogen) atoms. The Morgan fingerprint density at radius 1 is 1.26 bits per heavy atom. The van der Waals surface area contributed by atoms with Gasteiger partial charge in [0.1, 0.15) is 0 Å². The molecule has 2 fully saturated rings. The number of nitrogens with zero attached hydrogens (tertiary/aromatic N) is 2. The van der Waals surface area contributed by atoms with Crippen molar-refractivity contribution in [1.29, 1.82) is 0 Å². The third-order valence-electron chi connectivity index (χ3n) is 5.19. The number of nitrogens with one attached hydrogen (secondary N) is 2. The molecule has 2 N–H and O–H groups in total. The van der Waals surface area contributed by atoms with Crippen LogP contribution in [0.2, 0.25) is 0 Å². The molecule has 1 aliphatic carbocycles. The van der Waals surface area contributed by atoms with E-state index in [4.69, 9.17) is 0 Å². The van der Waals surface area contributed by atoms with E-state index in [1.807, 2.05) is 17.9 Å². The van der Waals surface area contributed by atoms with Crippen LogP contribution in [0.4, 0.5) is 0 Å². The van der Waals surface area contributed by atoms with Gasteiger partial charge in [-0.3, -0.25) is 4.68 Å². The Morgan fingerprint density at radius 3 is 2.96 bits per heavy atom. The van der Waals surface area contributed by atoms with Gasteiger partial charge >= 0.3 is 0 Å². The Balaban J connectivity index is 1.37. The maximum atomic E-state index is 4.27. The molecule has 122 valence electrons. The molecule has 2 atom stereocenters. The minimum absolute atomic E-state index is 0.656. The van der Waals surface area contributed by atoms with Crippen LogP contribution in [0.15, 0.2) is 36.7 Å². The molecule has 0 radical (unpaired) electrons. The molecule has 1 saturated carbocycles. The lowest BCUT2D eigenvalue weighted by Crippen LogP contribution is -2.46. The predicted molar refractivity (Wildman–Crippen MR) is 93.0 cm³/mol. The van der Waals surface area contributed by atoms with Gasteiger partial charge in [-0.1, -0.05) is 18.2 Å². The van der Waals surface area contributed by atoms with Crippen molar-refractivity contribution >= 4 is 0 Å². The van der Waals surface area contributed by atoms with Gasteiger partial charge in [-0.05, 0) is 55.3 Å². The van der Waals surface area contributed by atoms with Crippen molar-refractivity contribution in [3.63, 3.8) is 0 Å². The number of hydrogen-bond donors (Lipinski definition) is 2. The quantitative estimate of drug-likeness (QED) is 0.892. The number of piperidine rings is 1. The highest BCUT2D eigenvalue weighted by molar-refractivity contribution is 5.62. The second-order valence-electron chi connectivity index (χ2n) is 7.10. The number of aryl methyl sites for hydroxylation is 1. The summed E-state index contributed by atoms with van der Waals surface area (Å²) >= 11 is 0. The summed E-state index contributed by atoms with van der Waals surface area (Å²) in [6.45, 7) is 2.12. The lowest BCUT2D eigenvalue weighted by atomic mass is 9.96. The highest BCUT2D eigenvalue weighted by Crippen LogP contribution is 2.35. The highest BCUT2D eigenvalue weighted by atomic mass is 15.2. The lowest BCUT2D eigenvalue weighted by molar-refractivity contribution is 0.297. The van der Waals surface area contributed by atoms with Crippen molar-refractivity contribution in [2.45, 2.75) is 44.3 Å². The molecule has 1 aromatic heterocycles. The topological polar surface area (TPSA) is 41.9 Å². The van der Waals surface area contributed by atoms with Crippen molar-refractivity contribution < 1.29 is 0 Å². The van der Waals surface area contributed by atoms with Gasteiger partial charge in [0, 0.05) is 37.4 Å². The Kier molecular flexibility index (Phi) is 4.19. The first-order chi connectivity index (χ1) is 11.3. The molecule has 2 unspecified atom stereocenters. The molecular formula is C19H26N4. The summed E-state index contributed by atoms with van der Waals surface area (Å²) in [7, 11) is 1.96.